The third-order valence-electron chi connectivity index (χ3n) is 1.63. The van der Waals surface area contributed by atoms with Crippen LogP contribution < -0.4 is 5.32 Å². The van der Waals surface area contributed by atoms with Crippen molar-refractivity contribution in [2.45, 2.75) is 12.5 Å². The Morgan fingerprint density at radius 3 is 3.27 bits per heavy atom. The molecule has 0 aromatic heterocycles. The molecule has 1 N–H and O–H groups in total. The molecule has 0 bridgehead atoms. The molecule has 1 aliphatic rings. The Bertz CT molecular complexity index is 149. The molecule has 1 unspecified atom stereocenters. The van der Waals surface area contributed by atoms with E-state index in [4.69, 9.17) is 4.74 Å². The Kier molecular flexibility index (Phi) is 3.83. The zero-order valence-corrected chi connectivity index (χ0v) is 6.38. The van der Waals surface area contributed by atoms with Crippen molar-refractivity contribution in [2.24, 2.45) is 4.99 Å². The molecular formula is C7H12N2O2. The van der Waals surface area contributed by atoms with Gasteiger partial charge >= 0.3 is 0 Å². The highest BCUT2D eigenvalue weighted by molar-refractivity contribution is 5.32. The molecule has 0 spiro atoms. The summed E-state index contributed by atoms with van der Waals surface area (Å²) in [4.78, 5) is 13.2. The minimum Gasteiger partial charge on any atom is -0.376 e. The first-order chi connectivity index (χ1) is 5.43. The number of isocyanates is 1. The largest absolute Gasteiger partial charge is 0.376 e. The highest BCUT2D eigenvalue weighted by Gasteiger charge is 2.11. The zero-order chi connectivity index (χ0) is 7.94. The third kappa shape index (κ3) is 3.28. The number of hydrogen-bond acceptors (Lipinski definition) is 4. The van der Waals surface area contributed by atoms with Crippen LogP contribution in [0.15, 0.2) is 4.99 Å². The molecule has 0 aliphatic carbocycles. The predicted molar refractivity (Wildman–Crippen MR) is 40.2 cm³/mol. The van der Waals surface area contributed by atoms with Gasteiger partial charge in [-0.3, -0.25) is 0 Å². The molecule has 0 aromatic carbocycles. The maximum absolute atomic E-state index is 9.70. The Balaban J connectivity index is 2.09. The highest BCUT2D eigenvalue weighted by Crippen LogP contribution is 2.00. The smallest absolute Gasteiger partial charge is 0.234 e. The number of rotatable bonds is 3. The normalized spacial score (nSPS) is 24.2. The van der Waals surface area contributed by atoms with Gasteiger partial charge in [-0.1, -0.05) is 0 Å². The molecule has 1 heterocycles. The summed E-state index contributed by atoms with van der Waals surface area (Å²) in [6.07, 6.45) is 2.54. The van der Waals surface area contributed by atoms with E-state index in [-0.39, 0.29) is 6.10 Å². The Labute approximate surface area is 65.6 Å². The van der Waals surface area contributed by atoms with Gasteiger partial charge in [0.1, 0.15) is 0 Å². The van der Waals surface area contributed by atoms with Gasteiger partial charge in [0, 0.05) is 13.1 Å². The lowest BCUT2D eigenvalue weighted by atomic mass is 10.2. The summed E-state index contributed by atoms with van der Waals surface area (Å²) in [5.74, 6) is 0. The van der Waals surface area contributed by atoms with Gasteiger partial charge in [0.2, 0.25) is 6.08 Å². The fraction of sp³-hybridized carbons (Fsp3) is 0.857. The van der Waals surface area contributed by atoms with E-state index >= 15 is 0 Å². The van der Waals surface area contributed by atoms with Crippen molar-refractivity contribution in [2.75, 3.05) is 26.2 Å². The molecular weight excluding hydrogens is 144 g/mol. The van der Waals surface area contributed by atoms with Crippen LogP contribution in [0.25, 0.3) is 0 Å². The van der Waals surface area contributed by atoms with Crippen LogP contribution in [0.4, 0.5) is 0 Å². The molecule has 1 atom stereocenters. The van der Waals surface area contributed by atoms with Crippen LogP contribution in [0.3, 0.4) is 0 Å². The Morgan fingerprint density at radius 2 is 2.64 bits per heavy atom. The quantitative estimate of drug-likeness (QED) is 0.451. The molecule has 1 aliphatic heterocycles. The second-order valence-corrected chi connectivity index (χ2v) is 2.46. The van der Waals surface area contributed by atoms with Crippen LogP contribution in [-0.2, 0) is 9.53 Å². The summed E-state index contributed by atoms with van der Waals surface area (Å²) in [6, 6.07) is 0. The minimum absolute atomic E-state index is 0.223. The van der Waals surface area contributed by atoms with Crippen LogP contribution in [0.2, 0.25) is 0 Å². The summed E-state index contributed by atoms with van der Waals surface area (Å²) >= 11 is 0. The van der Waals surface area contributed by atoms with Crippen molar-refractivity contribution in [3.8, 4) is 0 Å². The summed E-state index contributed by atoms with van der Waals surface area (Å²) < 4.78 is 5.37. The van der Waals surface area contributed by atoms with Crippen LogP contribution in [-0.4, -0.2) is 38.4 Å². The Morgan fingerprint density at radius 1 is 1.73 bits per heavy atom. The maximum Gasteiger partial charge on any atom is 0.234 e. The van der Waals surface area contributed by atoms with Crippen LogP contribution in [0.1, 0.15) is 6.42 Å². The van der Waals surface area contributed by atoms with Gasteiger partial charge in [-0.05, 0) is 6.42 Å². The fourth-order valence-electron chi connectivity index (χ4n) is 1.06. The maximum atomic E-state index is 9.70. The van der Waals surface area contributed by atoms with Crippen molar-refractivity contribution >= 4 is 6.08 Å². The average molecular weight is 156 g/mol. The molecule has 1 saturated heterocycles. The first-order valence-electron chi connectivity index (χ1n) is 3.79. The van der Waals surface area contributed by atoms with E-state index in [2.05, 4.69) is 10.3 Å². The Hall–Kier alpha value is -0.700. The van der Waals surface area contributed by atoms with E-state index < -0.39 is 0 Å². The van der Waals surface area contributed by atoms with E-state index in [9.17, 15) is 4.79 Å². The van der Waals surface area contributed by atoms with Crippen molar-refractivity contribution in [3.63, 3.8) is 0 Å². The van der Waals surface area contributed by atoms with Crippen molar-refractivity contribution < 1.29 is 9.53 Å². The van der Waals surface area contributed by atoms with E-state index in [0.717, 1.165) is 26.1 Å². The number of ether oxygens (including phenoxy) is 1. The van der Waals surface area contributed by atoms with E-state index in [1.54, 1.807) is 0 Å². The first-order valence-corrected chi connectivity index (χ1v) is 3.79. The third-order valence-corrected chi connectivity index (χ3v) is 1.63. The van der Waals surface area contributed by atoms with Gasteiger partial charge in [-0.15, -0.1) is 0 Å². The van der Waals surface area contributed by atoms with Gasteiger partial charge < -0.3 is 10.1 Å². The number of nitrogens with zero attached hydrogens (tertiary/aromatic N) is 1. The van der Waals surface area contributed by atoms with Gasteiger partial charge in [0.25, 0.3) is 0 Å². The predicted octanol–water partition coefficient (Wildman–Crippen LogP) is -0.299. The average Bonchev–Trinajstić information content (AvgIpc) is 2.07. The summed E-state index contributed by atoms with van der Waals surface area (Å²) in [5, 5.41) is 3.20. The summed E-state index contributed by atoms with van der Waals surface area (Å²) in [7, 11) is 0. The van der Waals surface area contributed by atoms with Crippen molar-refractivity contribution in [1.82, 2.24) is 5.32 Å². The van der Waals surface area contributed by atoms with Crippen molar-refractivity contribution in [3.05, 3.63) is 0 Å². The van der Waals surface area contributed by atoms with E-state index in [1.165, 1.54) is 6.08 Å². The van der Waals surface area contributed by atoms with Gasteiger partial charge in [-0.2, -0.15) is 0 Å². The van der Waals surface area contributed by atoms with Crippen LogP contribution in [0, 0.1) is 0 Å². The van der Waals surface area contributed by atoms with E-state index in [0.29, 0.717) is 6.54 Å². The summed E-state index contributed by atoms with van der Waals surface area (Å²) in [6.45, 7) is 3.08. The monoisotopic (exact) mass is 156 g/mol. The number of nitrogens with one attached hydrogen (secondary N) is 1. The molecule has 0 aromatic rings. The number of carbonyl (C=O) groups excluding carboxylic acids is 1. The minimum atomic E-state index is 0.223. The first kappa shape index (κ1) is 8.40. The molecule has 4 heteroatoms. The van der Waals surface area contributed by atoms with Crippen molar-refractivity contribution in [1.29, 1.82) is 0 Å². The molecule has 0 amide bonds. The van der Waals surface area contributed by atoms with Gasteiger partial charge in [0.15, 0.2) is 0 Å². The second-order valence-electron chi connectivity index (χ2n) is 2.46. The number of morpholine rings is 1. The van der Waals surface area contributed by atoms with Crippen LogP contribution in [0.5, 0.6) is 0 Å². The standard InChI is InChI=1S/C7H12N2O2/c10-6-9-2-1-7-5-8-3-4-11-7/h7-8H,1-5H2. The lowest BCUT2D eigenvalue weighted by molar-refractivity contribution is 0.0253. The van der Waals surface area contributed by atoms with Crippen LogP contribution >= 0.6 is 0 Å². The molecule has 1 rings (SSSR count). The molecule has 62 valence electrons. The molecule has 1 fully saturated rings. The second kappa shape index (κ2) is 5.02. The summed E-state index contributed by atoms with van der Waals surface area (Å²) in [5.41, 5.74) is 0. The zero-order valence-electron chi connectivity index (χ0n) is 6.38. The number of aliphatic imine (C=N–C) groups is 1. The van der Waals surface area contributed by atoms with Gasteiger partial charge in [-0.25, -0.2) is 9.79 Å². The lowest BCUT2D eigenvalue weighted by Gasteiger charge is -2.22. The highest BCUT2D eigenvalue weighted by atomic mass is 16.5. The molecule has 4 nitrogen and oxygen atoms in total. The molecule has 0 saturated carbocycles. The SMILES string of the molecule is O=C=NCCC1CNCCO1. The topological polar surface area (TPSA) is 50.7 Å². The molecule has 11 heavy (non-hydrogen) atoms. The van der Waals surface area contributed by atoms with E-state index in [1.807, 2.05) is 0 Å². The molecule has 0 radical (unpaired) electrons. The number of hydrogen-bond donors (Lipinski definition) is 1. The lowest BCUT2D eigenvalue weighted by Crippen LogP contribution is -2.38. The fourth-order valence-corrected chi connectivity index (χ4v) is 1.06. The van der Waals surface area contributed by atoms with Gasteiger partial charge in [0.05, 0.1) is 19.3 Å².